The van der Waals surface area contributed by atoms with E-state index in [2.05, 4.69) is 5.32 Å². The Morgan fingerprint density at radius 3 is 2.53 bits per heavy atom. The molecule has 1 N–H and O–H groups in total. The highest BCUT2D eigenvalue weighted by molar-refractivity contribution is 6.09. The van der Waals surface area contributed by atoms with Crippen molar-refractivity contribution in [3.63, 3.8) is 0 Å². The van der Waals surface area contributed by atoms with Crippen LogP contribution in [0.5, 0.6) is 0 Å². The number of nitrogens with zero attached hydrogens (tertiary/aromatic N) is 1. The van der Waals surface area contributed by atoms with Crippen LogP contribution in [-0.2, 0) is 14.3 Å². The second-order valence-corrected chi connectivity index (χ2v) is 4.49. The summed E-state index contributed by atoms with van der Waals surface area (Å²) in [7, 11) is 1.62. The number of methoxy groups -OCH3 is 1. The number of carbonyl (C=O) groups is 2. The highest BCUT2D eigenvalue weighted by atomic mass is 16.5. The number of imide groups is 1. The summed E-state index contributed by atoms with van der Waals surface area (Å²) in [6.07, 6.45) is 0.724. The van der Waals surface area contributed by atoms with Crippen LogP contribution < -0.4 is 5.32 Å². The largest absolute Gasteiger partial charge is 0.378 e. The molecule has 1 aliphatic carbocycles. The van der Waals surface area contributed by atoms with E-state index in [9.17, 15) is 9.59 Å². The van der Waals surface area contributed by atoms with E-state index >= 15 is 0 Å². The Hall–Kier alpha value is -0.940. The van der Waals surface area contributed by atoms with Gasteiger partial charge in [-0.2, -0.15) is 0 Å². The number of hydrogen-bond donors (Lipinski definition) is 1. The van der Waals surface area contributed by atoms with Gasteiger partial charge in [-0.25, -0.2) is 0 Å². The molecule has 3 aliphatic rings. The molecule has 5 nitrogen and oxygen atoms in total. The lowest BCUT2D eigenvalue weighted by molar-refractivity contribution is -0.146. The van der Waals surface area contributed by atoms with Crippen molar-refractivity contribution >= 4 is 11.8 Å². The van der Waals surface area contributed by atoms with Crippen molar-refractivity contribution in [3.05, 3.63) is 0 Å². The molecular weight excluding hydrogens is 196 g/mol. The molecule has 2 amide bonds. The standard InChI is InChI=1S/C10H14N2O3/c1-15-8-4-11-3-7(8)12-9(13)5-2-6(5)10(12)14/h5-8,11H,2-4H2,1H3/t5?,6?,7?,8-/m0/s1. The summed E-state index contributed by atoms with van der Waals surface area (Å²) in [6.45, 7) is 1.38. The molecule has 2 saturated heterocycles. The SMILES string of the molecule is CO[C@H]1CNCC1N1C(=O)C2CC2C1=O. The van der Waals surface area contributed by atoms with Crippen LogP contribution in [0.15, 0.2) is 0 Å². The van der Waals surface area contributed by atoms with Crippen LogP contribution in [0.3, 0.4) is 0 Å². The van der Waals surface area contributed by atoms with Gasteiger partial charge in [-0.3, -0.25) is 14.5 Å². The predicted octanol–water partition coefficient (Wildman–Crippen LogP) is -1.02. The Bertz CT molecular complexity index is 311. The van der Waals surface area contributed by atoms with E-state index in [1.165, 1.54) is 4.90 Å². The second kappa shape index (κ2) is 3.02. The molecule has 5 heteroatoms. The van der Waals surface area contributed by atoms with Gasteiger partial charge in [0, 0.05) is 20.2 Å². The van der Waals surface area contributed by atoms with Gasteiger partial charge in [0.15, 0.2) is 0 Å². The monoisotopic (exact) mass is 210 g/mol. The van der Waals surface area contributed by atoms with E-state index < -0.39 is 0 Å². The van der Waals surface area contributed by atoms with Gasteiger partial charge in [-0.1, -0.05) is 0 Å². The topological polar surface area (TPSA) is 58.6 Å². The number of ether oxygens (including phenoxy) is 1. The van der Waals surface area contributed by atoms with Crippen molar-refractivity contribution < 1.29 is 14.3 Å². The van der Waals surface area contributed by atoms with Crippen LogP contribution in [0.25, 0.3) is 0 Å². The van der Waals surface area contributed by atoms with Crippen LogP contribution in [0.4, 0.5) is 0 Å². The number of rotatable bonds is 2. The van der Waals surface area contributed by atoms with Gasteiger partial charge in [0.25, 0.3) is 0 Å². The molecule has 0 aromatic carbocycles. The summed E-state index contributed by atoms with van der Waals surface area (Å²) in [4.78, 5) is 25.1. The lowest BCUT2D eigenvalue weighted by Gasteiger charge is -2.27. The highest BCUT2D eigenvalue weighted by Crippen LogP contribution is 2.48. The molecule has 82 valence electrons. The minimum atomic E-state index is -0.0946. The molecule has 0 aromatic heterocycles. The molecule has 2 aliphatic heterocycles. The minimum absolute atomic E-state index is 0.00407. The van der Waals surface area contributed by atoms with Crippen LogP contribution in [-0.4, -0.2) is 49.1 Å². The van der Waals surface area contributed by atoms with Crippen molar-refractivity contribution in [2.45, 2.75) is 18.6 Å². The quantitative estimate of drug-likeness (QED) is 0.593. The number of fused-ring (bicyclic) bond motifs is 1. The maximum Gasteiger partial charge on any atom is 0.233 e. The average molecular weight is 210 g/mol. The molecular formula is C10H14N2O3. The average Bonchev–Trinajstić information content (AvgIpc) is 2.84. The minimum Gasteiger partial charge on any atom is -0.378 e. The summed E-state index contributed by atoms with van der Waals surface area (Å²) in [6, 6.07) is -0.0946. The van der Waals surface area contributed by atoms with Crippen LogP contribution in [0, 0.1) is 11.8 Å². The maximum atomic E-state index is 11.8. The van der Waals surface area contributed by atoms with Crippen LogP contribution in [0.1, 0.15) is 6.42 Å². The van der Waals surface area contributed by atoms with E-state index in [0.29, 0.717) is 13.1 Å². The number of hydrogen-bond acceptors (Lipinski definition) is 4. The van der Waals surface area contributed by atoms with Gasteiger partial charge >= 0.3 is 0 Å². The highest BCUT2D eigenvalue weighted by Gasteiger charge is 2.61. The molecule has 4 atom stereocenters. The first-order chi connectivity index (χ1) is 7.24. The van der Waals surface area contributed by atoms with Gasteiger partial charge < -0.3 is 10.1 Å². The van der Waals surface area contributed by atoms with E-state index in [1.807, 2.05) is 0 Å². The molecule has 0 aromatic rings. The lowest BCUT2D eigenvalue weighted by atomic mass is 10.1. The Morgan fingerprint density at radius 2 is 1.93 bits per heavy atom. The van der Waals surface area contributed by atoms with Crippen LogP contribution >= 0.6 is 0 Å². The summed E-state index contributed by atoms with van der Waals surface area (Å²) in [5.41, 5.74) is 0. The Labute approximate surface area is 87.8 Å². The van der Waals surface area contributed by atoms with Crippen molar-refractivity contribution in [3.8, 4) is 0 Å². The molecule has 3 unspecified atom stereocenters. The third-order valence-electron chi connectivity index (χ3n) is 3.66. The summed E-state index contributed by atoms with van der Waals surface area (Å²) >= 11 is 0. The molecule has 0 bridgehead atoms. The third kappa shape index (κ3) is 1.16. The van der Waals surface area contributed by atoms with Gasteiger partial charge in [0.05, 0.1) is 24.0 Å². The molecule has 1 saturated carbocycles. The third-order valence-corrected chi connectivity index (χ3v) is 3.66. The zero-order valence-electron chi connectivity index (χ0n) is 8.60. The first-order valence-electron chi connectivity index (χ1n) is 5.34. The lowest BCUT2D eigenvalue weighted by Crippen LogP contribution is -2.48. The Balaban J connectivity index is 1.82. The molecule has 3 fully saturated rings. The van der Waals surface area contributed by atoms with E-state index in [0.717, 1.165) is 6.42 Å². The molecule has 3 rings (SSSR count). The first-order valence-corrected chi connectivity index (χ1v) is 5.34. The van der Waals surface area contributed by atoms with Gasteiger partial charge in [-0.15, -0.1) is 0 Å². The summed E-state index contributed by atoms with van der Waals surface area (Å²) < 4.78 is 5.27. The smallest absolute Gasteiger partial charge is 0.233 e. The van der Waals surface area contributed by atoms with E-state index in [-0.39, 0.29) is 35.8 Å². The summed E-state index contributed by atoms with van der Waals surface area (Å²) in [5.74, 6) is 0.0210. The Kier molecular flexibility index (Phi) is 1.87. The Morgan fingerprint density at radius 1 is 1.27 bits per heavy atom. The molecule has 15 heavy (non-hydrogen) atoms. The van der Waals surface area contributed by atoms with Crippen molar-refractivity contribution in [2.75, 3.05) is 20.2 Å². The normalized spacial score (nSPS) is 43.7. The van der Waals surface area contributed by atoms with Gasteiger partial charge in [0.1, 0.15) is 0 Å². The predicted molar refractivity (Wildman–Crippen MR) is 50.9 cm³/mol. The fourth-order valence-corrected chi connectivity index (χ4v) is 2.67. The number of likely N-dealkylation sites (tertiary alicyclic amines) is 1. The maximum absolute atomic E-state index is 11.8. The zero-order valence-corrected chi connectivity index (χ0v) is 8.60. The van der Waals surface area contributed by atoms with Gasteiger partial charge in [0.2, 0.25) is 11.8 Å². The van der Waals surface area contributed by atoms with Crippen LogP contribution in [0.2, 0.25) is 0 Å². The van der Waals surface area contributed by atoms with Crippen molar-refractivity contribution in [1.82, 2.24) is 10.2 Å². The number of piperidine rings is 1. The van der Waals surface area contributed by atoms with Crippen molar-refractivity contribution in [1.29, 1.82) is 0 Å². The van der Waals surface area contributed by atoms with E-state index in [4.69, 9.17) is 4.74 Å². The molecule has 0 spiro atoms. The fraction of sp³-hybridized carbons (Fsp3) is 0.800. The molecule has 2 heterocycles. The summed E-state index contributed by atoms with van der Waals surface area (Å²) in [5, 5.41) is 3.15. The fourth-order valence-electron chi connectivity index (χ4n) is 2.67. The van der Waals surface area contributed by atoms with Crippen molar-refractivity contribution in [2.24, 2.45) is 11.8 Å². The van der Waals surface area contributed by atoms with E-state index in [1.54, 1.807) is 7.11 Å². The number of carbonyl (C=O) groups excluding carboxylic acids is 2. The number of nitrogens with one attached hydrogen (secondary N) is 1. The number of amides is 2. The van der Waals surface area contributed by atoms with Gasteiger partial charge in [-0.05, 0) is 6.42 Å². The first kappa shape index (κ1) is 9.30. The molecule has 0 radical (unpaired) electrons. The second-order valence-electron chi connectivity index (χ2n) is 4.49. The zero-order chi connectivity index (χ0) is 10.6.